The highest BCUT2D eigenvalue weighted by Gasteiger charge is 2.25. The van der Waals surface area contributed by atoms with Crippen LogP contribution in [-0.2, 0) is 30.4 Å². The van der Waals surface area contributed by atoms with Crippen LogP contribution >= 0.6 is 0 Å². The Morgan fingerprint density at radius 1 is 0.514 bits per heavy atom. The van der Waals surface area contributed by atoms with Crippen LogP contribution in [-0.4, -0.2) is 0 Å². The second-order valence-electron chi connectivity index (χ2n) is 9.23. The van der Waals surface area contributed by atoms with E-state index >= 15 is 0 Å². The summed E-state index contributed by atoms with van der Waals surface area (Å²) < 4.78 is 6.86. The fourth-order valence-electron chi connectivity index (χ4n) is 4.95. The molecule has 0 saturated heterocycles. The first-order valence-electron chi connectivity index (χ1n) is 12.3. The summed E-state index contributed by atoms with van der Waals surface area (Å²) in [5, 5.41) is 0. The first-order valence-corrected chi connectivity index (χ1v) is 12.3. The van der Waals surface area contributed by atoms with Crippen LogP contribution in [0.25, 0.3) is 0 Å². The van der Waals surface area contributed by atoms with Gasteiger partial charge in [-0.15, -0.1) is 0 Å². The molecule has 2 aliphatic heterocycles. The summed E-state index contributed by atoms with van der Waals surface area (Å²) in [5.74, 6) is 13.7. The molecule has 2 atom stereocenters. The van der Waals surface area contributed by atoms with E-state index in [1.165, 1.54) is 33.4 Å². The smallest absolute Gasteiger partial charge is 0.146 e. The monoisotopic (exact) mass is 450 g/mol. The standard InChI is InChI=1S/C34H26O/c1-3-7-25(8-4-1)15-21-33-31-23-27-11-12-28-14-18-30(20-19-29(31)17-13-27)32(24-28)34(35-33)22-16-26-9-5-2-6-10-26/h1-10,13-14,17-18,23-24,33-34H,11-12,19-20H2/t33-,34-/m1/s1. The number of hydrogen-bond acceptors (Lipinski definition) is 1. The zero-order valence-electron chi connectivity index (χ0n) is 19.6. The third-order valence-corrected chi connectivity index (χ3v) is 6.87. The molecule has 0 spiro atoms. The molecule has 0 aliphatic carbocycles. The van der Waals surface area contributed by atoms with E-state index < -0.39 is 0 Å². The molecule has 4 aromatic rings. The van der Waals surface area contributed by atoms with Gasteiger partial charge < -0.3 is 4.74 Å². The van der Waals surface area contributed by atoms with Crippen molar-refractivity contribution in [2.75, 3.05) is 0 Å². The Kier molecular flexibility index (Phi) is 5.94. The summed E-state index contributed by atoms with van der Waals surface area (Å²) in [5.41, 5.74) is 9.65. The predicted octanol–water partition coefficient (Wildman–Crippen LogP) is 6.79. The van der Waals surface area contributed by atoms with Gasteiger partial charge >= 0.3 is 0 Å². The van der Waals surface area contributed by atoms with Gasteiger partial charge in [0.1, 0.15) is 12.2 Å². The van der Waals surface area contributed by atoms with Crippen molar-refractivity contribution >= 4 is 0 Å². The van der Waals surface area contributed by atoms with Crippen molar-refractivity contribution in [1.29, 1.82) is 0 Å². The molecule has 4 aromatic carbocycles. The van der Waals surface area contributed by atoms with Gasteiger partial charge in [0.2, 0.25) is 0 Å². The van der Waals surface area contributed by atoms with Gasteiger partial charge in [0.25, 0.3) is 0 Å². The van der Waals surface area contributed by atoms with Crippen molar-refractivity contribution in [3.63, 3.8) is 0 Å². The summed E-state index contributed by atoms with van der Waals surface area (Å²) in [6.07, 6.45) is 3.23. The number of benzene rings is 4. The van der Waals surface area contributed by atoms with Gasteiger partial charge in [0.15, 0.2) is 0 Å². The topological polar surface area (TPSA) is 9.23 Å². The van der Waals surface area contributed by atoms with Crippen LogP contribution in [0.5, 0.6) is 0 Å². The highest BCUT2D eigenvalue weighted by atomic mass is 16.5. The van der Waals surface area contributed by atoms with Crippen LogP contribution < -0.4 is 0 Å². The van der Waals surface area contributed by atoms with E-state index in [2.05, 4.69) is 60.1 Å². The van der Waals surface area contributed by atoms with Crippen molar-refractivity contribution in [1.82, 2.24) is 0 Å². The molecule has 0 aromatic heterocycles. The average Bonchev–Trinajstić information content (AvgIpc) is 2.95. The molecule has 1 heteroatoms. The van der Waals surface area contributed by atoms with E-state index in [1.807, 2.05) is 60.7 Å². The molecule has 35 heavy (non-hydrogen) atoms. The Bertz CT molecular complexity index is 1360. The maximum absolute atomic E-state index is 6.86. The van der Waals surface area contributed by atoms with E-state index in [-0.39, 0.29) is 12.2 Å². The minimum Gasteiger partial charge on any atom is -0.340 e. The van der Waals surface area contributed by atoms with Crippen molar-refractivity contribution in [3.05, 3.63) is 142 Å². The molecule has 4 bridgehead atoms. The van der Waals surface area contributed by atoms with Gasteiger partial charge in [-0.2, -0.15) is 0 Å². The van der Waals surface area contributed by atoms with Crippen LogP contribution in [0.4, 0.5) is 0 Å². The van der Waals surface area contributed by atoms with Crippen LogP contribution in [0.1, 0.15) is 56.7 Å². The van der Waals surface area contributed by atoms with Crippen molar-refractivity contribution in [2.24, 2.45) is 0 Å². The van der Waals surface area contributed by atoms with E-state index in [9.17, 15) is 0 Å². The molecular weight excluding hydrogens is 424 g/mol. The lowest BCUT2D eigenvalue weighted by atomic mass is 9.89. The number of aryl methyl sites for hydroxylation is 4. The predicted molar refractivity (Wildman–Crippen MR) is 141 cm³/mol. The molecule has 2 heterocycles. The van der Waals surface area contributed by atoms with Crippen LogP contribution in [0, 0.1) is 23.7 Å². The summed E-state index contributed by atoms with van der Waals surface area (Å²) in [6.45, 7) is 0. The normalized spacial score (nSPS) is 17.8. The summed E-state index contributed by atoms with van der Waals surface area (Å²) >= 11 is 0. The number of rotatable bonds is 0. The zero-order valence-corrected chi connectivity index (χ0v) is 19.6. The molecular formula is C34H26O. The van der Waals surface area contributed by atoms with Crippen molar-refractivity contribution in [3.8, 4) is 23.7 Å². The molecule has 0 saturated carbocycles. The molecule has 0 amide bonds. The average molecular weight is 451 g/mol. The summed E-state index contributed by atoms with van der Waals surface area (Å²) in [7, 11) is 0. The Morgan fingerprint density at radius 2 is 0.971 bits per heavy atom. The van der Waals surface area contributed by atoms with Crippen LogP contribution in [0.3, 0.4) is 0 Å². The number of hydrogen-bond donors (Lipinski definition) is 0. The molecule has 0 radical (unpaired) electrons. The fourth-order valence-corrected chi connectivity index (χ4v) is 4.95. The summed E-state index contributed by atoms with van der Waals surface area (Å²) in [6, 6.07) is 34.1. The minimum absolute atomic E-state index is 0.354. The van der Waals surface area contributed by atoms with Crippen molar-refractivity contribution < 1.29 is 4.74 Å². The Labute approximate surface area is 207 Å². The Hall–Kier alpha value is -4.04. The first-order chi connectivity index (χ1) is 17.3. The highest BCUT2D eigenvalue weighted by Crippen LogP contribution is 2.35. The van der Waals surface area contributed by atoms with Gasteiger partial charge in [-0.05, 0) is 83.3 Å². The Morgan fingerprint density at radius 3 is 1.43 bits per heavy atom. The van der Waals surface area contributed by atoms with Crippen molar-refractivity contribution in [2.45, 2.75) is 37.9 Å². The maximum atomic E-state index is 6.86. The maximum Gasteiger partial charge on any atom is 0.146 e. The van der Waals surface area contributed by atoms with E-state index in [0.29, 0.717) is 0 Å². The van der Waals surface area contributed by atoms with E-state index in [1.54, 1.807) is 0 Å². The van der Waals surface area contributed by atoms with Gasteiger partial charge in [-0.1, -0.05) is 96.5 Å². The highest BCUT2D eigenvalue weighted by molar-refractivity contribution is 5.46. The van der Waals surface area contributed by atoms with Gasteiger partial charge in [0, 0.05) is 11.1 Å². The molecule has 0 unspecified atom stereocenters. The van der Waals surface area contributed by atoms with E-state index in [4.69, 9.17) is 4.74 Å². The third kappa shape index (κ3) is 4.79. The lowest BCUT2D eigenvalue weighted by Crippen LogP contribution is -2.10. The van der Waals surface area contributed by atoms with Gasteiger partial charge in [0.05, 0.1) is 0 Å². The van der Waals surface area contributed by atoms with E-state index in [0.717, 1.165) is 36.8 Å². The van der Waals surface area contributed by atoms with Gasteiger partial charge in [-0.3, -0.25) is 0 Å². The lowest BCUT2D eigenvalue weighted by molar-refractivity contribution is 0.0510. The molecule has 1 nitrogen and oxygen atoms in total. The van der Waals surface area contributed by atoms with Gasteiger partial charge in [-0.25, -0.2) is 0 Å². The quantitative estimate of drug-likeness (QED) is 0.268. The Balaban J connectivity index is 1.52. The third-order valence-electron chi connectivity index (χ3n) is 6.87. The zero-order chi connectivity index (χ0) is 23.5. The molecule has 0 N–H and O–H groups in total. The second kappa shape index (κ2) is 9.68. The molecule has 168 valence electrons. The largest absolute Gasteiger partial charge is 0.340 e. The SMILES string of the molecule is C(#C[C@H]1O[C@H](C#Cc2ccccc2)c2cc3ccc2CCc2ccc(cc21)CC3)c1ccccc1. The number of ether oxygens (including phenoxy) is 1. The molecule has 0 fully saturated rings. The fraction of sp³-hybridized carbons (Fsp3) is 0.176. The molecule has 6 rings (SSSR count). The van der Waals surface area contributed by atoms with Crippen LogP contribution in [0.15, 0.2) is 97.1 Å². The lowest BCUT2D eigenvalue weighted by Gasteiger charge is -2.21. The minimum atomic E-state index is -0.354. The first kappa shape index (κ1) is 21.5. The molecule has 2 aliphatic rings. The second-order valence-corrected chi connectivity index (χ2v) is 9.23. The van der Waals surface area contributed by atoms with Crippen LogP contribution in [0.2, 0.25) is 0 Å². The summed E-state index contributed by atoms with van der Waals surface area (Å²) in [4.78, 5) is 0. The number of fused-ring (bicyclic) bond motifs is 4.